The van der Waals surface area contributed by atoms with Crippen LogP contribution in [0.3, 0.4) is 0 Å². The Morgan fingerprint density at radius 2 is 2.04 bits per heavy atom. The van der Waals surface area contributed by atoms with E-state index in [0.29, 0.717) is 17.0 Å². The van der Waals surface area contributed by atoms with E-state index in [-0.39, 0.29) is 0 Å². The molecule has 1 N–H and O–H groups in total. The molecule has 0 radical (unpaired) electrons. The number of methoxy groups -OCH3 is 1. The number of aromatic nitrogens is 4. The van der Waals surface area contributed by atoms with Crippen molar-refractivity contribution in [2.24, 2.45) is 0 Å². The van der Waals surface area contributed by atoms with Crippen molar-refractivity contribution in [3.63, 3.8) is 0 Å². The Bertz CT molecular complexity index is 934. The summed E-state index contributed by atoms with van der Waals surface area (Å²) in [4.78, 5) is 19.0. The third-order valence-electron chi connectivity index (χ3n) is 5.11. The number of aryl methyl sites for hydroxylation is 1. The van der Waals surface area contributed by atoms with Gasteiger partial charge in [-0.2, -0.15) is 4.98 Å². The van der Waals surface area contributed by atoms with Gasteiger partial charge in [0.25, 0.3) is 0 Å². The van der Waals surface area contributed by atoms with Gasteiger partial charge in [0, 0.05) is 41.5 Å². The number of nitrogens with one attached hydrogen (secondary N) is 1. The van der Waals surface area contributed by atoms with Gasteiger partial charge in [0.1, 0.15) is 5.82 Å². The van der Waals surface area contributed by atoms with Crippen LogP contribution in [0.2, 0.25) is 5.02 Å². The molecule has 1 fully saturated rings. The molecule has 0 saturated carbocycles. The van der Waals surface area contributed by atoms with Gasteiger partial charge in [-0.05, 0) is 37.5 Å². The fourth-order valence-corrected chi connectivity index (χ4v) is 3.89. The van der Waals surface area contributed by atoms with Crippen molar-refractivity contribution in [2.75, 3.05) is 25.1 Å². The van der Waals surface area contributed by atoms with Gasteiger partial charge in [0.05, 0.1) is 19.1 Å². The molecule has 1 saturated heterocycles. The van der Waals surface area contributed by atoms with E-state index in [9.17, 15) is 0 Å². The first-order chi connectivity index (χ1) is 13.2. The largest absolute Gasteiger partial charge is 0.467 e. The second-order valence-electron chi connectivity index (χ2n) is 6.78. The molecule has 0 atom stereocenters. The molecule has 0 spiro atoms. The number of ether oxygens (including phenoxy) is 1. The third-order valence-corrected chi connectivity index (χ3v) is 5.35. The number of anilines is 1. The van der Waals surface area contributed by atoms with Gasteiger partial charge < -0.3 is 14.6 Å². The van der Waals surface area contributed by atoms with Crippen molar-refractivity contribution in [1.82, 2.24) is 19.9 Å². The van der Waals surface area contributed by atoms with Crippen LogP contribution < -0.4 is 9.64 Å². The summed E-state index contributed by atoms with van der Waals surface area (Å²) in [5.41, 5.74) is 4.32. The minimum Gasteiger partial charge on any atom is -0.467 e. The Hall–Kier alpha value is -2.60. The highest BCUT2D eigenvalue weighted by Gasteiger charge is 2.26. The summed E-state index contributed by atoms with van der Waals surface area (Å²) < 4.78 is 5.27. The topological polar surface area (TPSA) is 66.9 Å². The fraction of sp³-hybridized carbons (Fsp3) is 0.350. The van der Waals surface area contributed by atoms with Gasteiger partial charge in [0.2, 0.25) is 0 Å². The molecule has 0 amide bonds. The Kier molecular flexibility index (Phi) is 4.99. The van der Waals surface area contributed by atoms with Crippen molar-refractivity contribution in [3.8, 4) is 17.1 Å². The van der Waals surface area contributed by atoms with Crippen molar-refractivity contribution >= 4 is 17.4 Å². The maximum atomic E-state index is 6.19. The molecule has 1 aliphatic rings. The summed E-state index contributed by atoms with van der Waals surface area (Å²) in [6.07, 6.45) is 5.67. The minimum absolute atomic E-state index is 0.376. The molecule has 1 aromatic carbocycles. The van der Waals surface area contributed by atoms with Crippen LogP contribution in [-0.2, 0) is 0 Å². The van der Waals surface area contributed by atoms with E-state index in [0.717, 1.165) is 48.6 Å². The number of benzene rings is 1. The monoisotopic (exact) mass is 383 g/mol. The number of imidazole rings is 1. The molecule has 0 aliphatic carbocycles. The third kappa shape index (κ3) is 3.62. The average molecular weight is 384 g/mol. The maximum Gasteiger partial charge on any atom is 0.318 e. The molecule has 0 bridgehead atoms. The van der Waals surface area contributed by atoms with Crippen molar-refractivity contribution < 1.29 is 4.74 Å². The lowest BCUT2D eigenvalue weighted by atomic mass is 9.92. The summed E-state index contributed by atoms with van der Waals surface area (Å²) in [5.74, 6) is 1.37. The number of halogens is 1. The number of hydrogen-bond acceptors (Lipinski definition) is 5. The predicted molar refractivity (Wildman–Crippen MR) is 107 cm³/mol. The number of piperidine rings is 1. The van der Waals surface area contributed by atoms with Crippen LogP contribution in [0.1, 0.15) is 30.1 Å². The molecule has 3 heterocycles. The summed E-state index contributed by atoms with van der Waals surface area (Å²) >= 11 is 6.19. The molecular weight excluding hydrogens is 362 g/mol. The molecule has 4 rings (SSSR count). The highest BCUT2D eigenvalue weighted by molar-refractivity contribution is 6.30. The van der Waals surface area contributed by atoms with E-state index in [1.165, 1.54) is 5.69 Å². The average Bonchev–Trinajstić information content (AvgIpc) is 3.13. The zero-order chi connectivity index (χ0) is 18.8. The van der Waals surface area contributed by atoms with Crippen LogP contribution in [-0.4, -0.2) is 40.1 Å². The molecular formula is C20H22ClN5O. The Morgan fingerprint density at radius 3 is 2.70 bits per heavy atom. The van der Waals surface area contributed by atoms with Gasteiger partial charge in [-0.15, -0.1) is 0 Å². The molecule has 7 heteroatoms. The van der Waals surface area contributed by atoms with Gasteiger partial charge in [-0.25, -0.2) is 9.97 Å². The number of nitrogens with zero attached hydrogens (tertiary/aromatic N) is 4. The SMILES string of the molecule is COc1ncc(-c2cccc(Cl)c2)c(N2CCC(c3nc[nH]c3C)CC2)n1. The lowest BCUT2D eigenvalue weighted by molar-refractivity contribution is 0.379. The zero-order valence-electron chi connectivity index (χ0n) is 15.4. The molecule has 6 nitrogen and oxygen atoms in total. The zero-order valence-corrected chi connectivity index (χ0v) is 16.2. The van der Waals surface area contributed by atoms with Crippen LogP contribution in [0.5, 0.6) is 6.01 Å². The molecule has 1 aliphatic heterocycles. The number of hydrogen-bond donors (Lipinski definition) is 1. The molecule has 2 aromatic heterocycles. The smallest absolute Gasteiger partial charge is 0.318 e. The van der Waals surface area contributed by atoms with Crippen molar-refractivity contribution in [3.05, 3.63) is 53.2 Å². The van der Waals surface area contributed by atoms with E-state index in [1.807, 2.05) is 30.5 Å². The van der Waals surface area contributed by atoms with E-state index < -0.39 is 0 Å². The van der Waals surface area contributed by atoms with Crippen LogP contribution in [0.4, 0.5) is 5.82 Å². The van der Waals surface area contributed by atoms with Crippen LogP contribution in [0.25, 0.3) is 11.1 Å². The van der Waals surface area contributed by atoms with E-state index in [1.54, 1.807) is 13.4 Å². The van der Waals surface area contributed by atoms with Crippen molar-refractivity contribution in [2.45, 2.75) is 25.7 Å². The Morgan fingerprint density at radius 1 is 1.22 bits per heavy atom. The van der Waals surface area contributed by atoms with E-state index in [4.69, 9.17) is 16.3 Å². The van der Waals surface area contributed by atoms with Gasteiger partial charge in [-0.3, -0.25) is 0 Å². The minimum atomic E-state index is 0.376. The predicted octanol–water partition coefficient (Wildman–Crippen LogP) is 4.22. The number of H-pyrrole nitrogens is 1. The Labute approximate surface area is 163 Å². The Balaban J connectivity index is 1.62. The first-order valence-corrected chi connectivity index (χ1v) is 9.45. The van der Waals surface area contributed by atoms with E-state index in [2.05, 4.69) is 31.8 Å². The van der Waals surface area contributed by atoms with E-state index >= 15 is 0 Å². The van der Waals surface area contributed by atoms with Crippen LogP contribution in [0, 0.1) is 6.92 Å². The fourth-order valence-electron chi connectivity index (χ4n) is 3.70. The summed E-state index contributed by atoms with van der Waals surface area (Å²) in [6, 6.07) is 8.16. The lowest BCUT2D eigenvalue weighted by Crippen LogP contribution is -2.34. The summed E-state index contributed by atoms with van der Waals surface area (Å²) in [5, 5.41) is 0.696. The van der Waals surface area contributed by atoms with Crippen LogP contribution in [0.15, 0.2) is 36.8 Å². The number of rotatable bonds is 4. The van der Waals surface area contributed by atoms with Gasteiger partial charge in [0.15, 0.2) is 0 Å². The normalized spacial score (nSPS) is 15.1. The van der Waals surface area contributed by atoms with Gasteiger partial charge in [-0.1, -0.05) is 23.7 Å². The van der Waals surface area contributed by atoms with Gasteiger partial charge >= 0.3 is 6.01 Å². The second kappa shape index (κ2) is 7.56. The molecule has 0 unspecified atom stereocenters. The highest BCUT2D eigenvalue weighted by atomic mass is 35.5. The standard InChI is InChI=1S/C20H22ClN5O/c1-13-18(24-12-23-13)14-6-8-26(9-7-14)19-17(11-22-20(25-19)27-2)15-4-3-5-16(21)10-15/h3-5,10-12,14H,6-9H2,1-2H3,(H,23,24). The molecule has 140 valence electrons. The number of aromatic amines is 1. The highest BCUT2D eigenvalue weighted by Crippen LogP contribution is 2.35. The first-order valence-electron chi connectivity index (χ1n) is 9.07. The summed E-state index contributed by atoms with van der Waals surface area (Å²) in [7, 11) is 1.59. The van der Waals surface area contributed by atoms with Crippen LogP contribution >= 0.6 is 11.6 Å². The summed E-state index contributed by atoms with van der Waals surface area (Å²) in [6.45, 7) is 3.90. The first kappa shape index (κ1) is 17.8. The maximum absolute atomic E-state index is 6.19. The second-order valence-corrected chi connectivity index (χ2v) is 7.21. The van der Waals surface area contributed by atoms with Crippen molar-refractivity contribution in [1.29, 1.82) is 0 Å². The lowest BCUT2D eigenvalue weighted by Gasteiger charge is -2.33. The molecule has 3 aromatic rings. The quantitative estimate of drug-likeness (QED) is 0.730. The molecule has 27 heavy (non-hydrogen) atoms.